The number of sulfone groups is 1. The van der Waals surface area contributed by atoms with E-state index in [0.29, 0.717) is 11.8 Å². The van der Waals surface area contributed by atoms with Crippen LogP contribution in [0.2, 0.25) is 0 Å². The molecule has 0 spiro atoms. The normalized spacial score (nSPS) is 19.8. The number of aromatic amines is 1. The van der Waals surface area contributed by atoms with Gasteiger partial charge in [-0.3, -0.25) is 5.10 Å². The van der Waals surface area contributed by atoms with Crippen LogP contribution in [0, 0.1) is 0 Å². The number of nitrogens with one attached hydrogen (secondary N) is 1. The first-order chi connectivity index (χ1) is 6.12. The molecule has 1 aromatic rings. The Morgan fingerprint density at radius 3 is 3.00 bits per heavy atom. The highest BCUT2D eigenvalue weighted by atomic mass is 79.9. The first kappa shape index (κ1) is 9.21. The number of aromatic nitrogens is 2. The first-order valence-corrected chi connectivity index (χ1v) is 6.88. The number of alkyl halides is 1. The number of rotatable bonds is 1. The number of H-pyrrole nitrogens is 1. The molecule has 72 valence electrons. The summed E-state index contributed by atoms with van der Waals surface area (Å²) in [6, 6.07) is 0. The maximum absolute atomic E-state index is 11.3. The number of aryl methyl sites for hydroxylation is 1. The lowest BCUT2D eigenvalue weighted by Crippen LogP contribution is -2.18. The number of halogens is 1. The van der Waals surface area contributed by atoms with Gasteiger partial charge in [0, 0.05) is 23.0 Å². The van der Waals surface area contributed by atoms with Crippen LogP contribution < -0.4 is 0 Å². The van der Waals surface area contributed by atoms with Crippen molar-refractivity contribution in [2.75, 3.05) is 5.75 Å². The van der Waals surface area contributed by atoms with Gasteiger partial charge in [-0.2, -0.15) is 5.10 Å². The smallest absolute Gasteiger partial charge is 0.154 e. The average Bonchev–Trinajstić information content (AvgIpc) is 2.44. The Kier molecular flexibility index (Phi) is 2.19. The standard InChI is InChI=1S/C7H9BrN2O2S/c8-3-7-5-4-13(11,12)2-1-6(5)9-10-7/h1-4H2,(H,9,10). The zero-order valence-electron chi connectivity index (χ0n) is 6.88. The fourth-order valence-corrected chi connectivity index (χ4v) is 3.39. The quantitative estimate of drug-likeness (QED) is 0.763. The number of hydrogen-bond donors (Lipinski definition) is 1. The number of nitrogens with zero attached hydrogens (tertiary/aromatic N) is 1. The van der Waals surface area contributed by atoms with Crippen LogP contribution >= 0.6 is 15.9 Å². The van der Waals surface area contributed by atoms with Gasteiger partial charge < -0.3 is 0 Å². The van der Waals surface area contributed by atoms with Crippen LogP contribution in [0.4, 0.5) is 0 Å². The molecule has 2 rings (SSSR count). The Hall–Kier alpha value is -0.360. The minimum absolute atomic E-state index is 0.139. The van der Waals surface area contributed by atoms with Crippen molar-refractivity contribution in [3.63, 3.8) is 0 Å². The van der Waals surface area contributed by atoms with Crippen molar-refractivity contribution in [2.45, 2.75) is 17.5 Å². The third kappa shape index (κ3) is 1.65. The monoisotopic (exact) mass is 264 g/mol. The van der Waals surface area contributed by atoms with E-state index < -0.39 is 9.84 Å². The molecule has 0 radical (unpaired) electrons. The minimum Gasteiger partial charge on any atom is -0.282 e. The van der Waals surface area contributed by atoms with E-state index in [1.54, 1.807) is 0 Å². The molecule has 0 fully saturated rings. The van der Waals surface area contributed by atoms with Gasteiger partial charge in [0.25, 0.3) is 0 Å². The topological polar surface area (TPSA) is 62.8 Å². The summed E-state index contributed by atoms with van der Waals surface area (Å²) in [6.45, 7) is 0. The number of hydrogen-bond acceptors (Lipinski definition) is 3. The van der Waals surface area contributed by atoms with Gasteiger partial charge in [0.05, 0.1) is 17.2 Å². The molecule has 4 nitrogen and oxygen atoms in total. The maximum Gasteiger partial charge on any atom is 0.154 e. The van der Waals surface area contributed by atoms with E-state index in [9.17, 15) is 8.42 Å². The highest BCUT2D eigenvalue weighted by molar-refractivity contribution is 9.08. The molecule has 13 heavy (non-hydrogen) atoms. The molecule has 6 heteroatoms. The fraction of sp³-hybridized carbons (Fsp3) is 0.571. The van der Waals surface area contributed by atoms with Crippen molar-refractivity contribution in [3.8, 4) is 0 Å². The lowest BCUT2D eigenvalue weighted by Gasteiger charge is -2.11. The van der Waals surface area contributed by atoms with Crippen molar-refractivity contribution in [2.24, 2.45) is 0 Å². The lowest BCUT2D eigenvalue weighted by molar-refractivity contribution is 0.591. The molecule has 0 bridgehead atoms. The Morgan fingerprint density at radius 2 is 2.31 bits per heavy atom. The van der Waals surface area contributed by atoms with Gasteiger partial charge in [-0.25, -0.2) is 8.42 Å². The van der Waals surface area contributed by atoms with Crippen molar-refractivity contribution in [1.29, 1.82) is 0 Å². The zero-order chi connectivity index (χ0) is 9.47. The Labute approximate surface area is 84.8 Å². The van der Waals surface area contributed by atoms with Gasteiger partial charge in [0.15, 0.2) is 9.84 Å². The van der Waals surface area contributed by atoms with Crippen LogP contribution in [0.3, 0.4) is 0 Å². The van der Waals surface area contributed by atoms with Crippen molar-refractivity contribution >= 4 is 25.8 Å². The summed E-state index contributed by atoms with van der Waals surface area (Å²) in [5.41, 5.74) is 2.66. The molecule has 0 aromatic carbocycles. The summed E-state index contributed by atoms with van der Waals surface area (Å²) in [4.78, 5) is 0. The summed E-state index contributed by atoms with van der Waals surface area (Å²) in [6.07, 6.45) is 0.567. The molecule has 2 heterocycles. The van der Waals surface area contributed by atoms with E-state index in [2.05, 4.69) is 26.1 Å². The molecule has 0 atom stereocenters. The number of fused-ring (bicyclic) bond motifs is 1. The van der Waals surface area contributed by atoms with E-state index in [0.717, 1.165) is 17.0 Å². The van der Waals surface area contributed by atoms with E-state index in [1.807, 2.05) is 0 Å². The summed E-state index contributed by atoms with van der Waals surface area (Å²) in [7, 11) is -2.88. The molecule has 0 unspecified atom stereocenters. The molecule has 0 saturated heterocycles. The maximum atomic E-state index is 11.3. The van der Waals surface area contributed by atoms with E-state index in [1.165, 1.54) is 0 Å². The van der Waals surface area contributed by atoms with Gasteiger partial charge in [0.2, 0.25) is 0 Å². The second kappa shape index (κ2) is 3.09. The molecule has 0 aliphatic carbocycles. The van der Waals surface area contributed by atoms with E-state index in [-0.39, 0.29) is 11.5 Å². The van der Waals surface area contributed by atoms with Gasteiger partial charge >= 0.3 is 0 Å². The second-order valence-electron chi connectivity index (χ2n) is 3.10. The van der Waals surface area contributed by atoms with Gasteiger partial charge in [0.1, 0.15) is 0 Å². The van der Waals surface area contributed by atoms with Crippen LogP contribution in [-0.2, 0) is 27.3 Å². The average molecular weight is 265 g/mol. The molecule has 1 aliphatic heterocycles. The minimum atomic E-state index is -2.88. The molecule has 1 aliphatic rings. The summed E-state index contributed by atoms with van der Waals surface area (Å²) < 4.78 is 22.6. The van der Waals surface area contributed by atoms with Gasteiger partial charge in [-0.1, -0.05) is 15.9 Å². The molecular weight excluding hydrogens is 256 g/mol. The van der Waals surface area contributed by atoms with Crippen molar-refractivity contribution < 1.29 is 8.42 Å². The Bertz CT molecular complexity index is 410. The fourth-order valence-electron chi connectivity index (χ4n) is 1.48. The Balaban J connectivity index is 2.47. The van der Waals surface area contributed by atoms with E-state index >= 15 is 0 Å². The van der Waals surface area contributed by atoms with Crippen LogP contribution in [0.5, 0.6) is 0 Å². The van der Waals surface area contributed by atoms with Crippen LogP contribution in [-0.4, -0.2) is 24.4 Å². The summed E-state index contributed by atoms with van der Waals surface area (Å²) in [5.74, 6) is 0.379. The molecule has 1 aromatic heterocycles. The Morgan fingerprint density at radius 1 is 1.54 bits per heavy atom. The molecule has 0 amide bonds. The van der Waals surface area contributed by atoms with Gasteiger partial charge in [-0.15, -0.1) is 0 Å². The predicted molar refractivity (Wildman–Crippen MR) is 52.4 cm³/mol. The second-order valence-corrected chi connectivity index (χ2v) is 5.85. The summed E-state index contributed by atoms with van der Waals surface area (Å²) in [5, 5.41) is 7.52. The lowest BCUT2D eigenvalue weighted by atomic mass is 10.2. The van der Waals surface area contributed by atoms with E-state index in [4.69, 9.17) is 0 Å². The predicted octanol–water partition coefficient (Wildman–Crippen LogP) is 0.776. The van der Waals surface area contributed by atoms with Crippen LogP contribution in [0.15, 0.2) is 0 Å². The third-order valence-corrected chi connectivity index (χ3v) is 4.28. The van der Waals surface area contributed by atoms with Crippen LogP contribution in [0.25, 0.3) is 0 Å². The third-order valence-electron chi connectivity index (χ3n) is 2.19. The largest absolute Gasteiger partial charge is 0.282 e. The molecular formula is C7H9BrN2O2S. The highest BCUT2D eigenvalue weighted by Crippen LogP contribution is 2.22. The van der Waals surface area contributed by atoms with Gasteiger partial charge in [-0.05, 0) is 0 Å². The summed E-state index contributed by atoms with van der Waals surface area (Å²) >= 11 is 3.28. The molecule has 0 saturated carbocycles. The van der Waals surface area contributed by atoms with Crippen LogP contribution in [0.1, 0.15) is 17.0 Å². The van der Waals surface area contributed by atoms with Crippen molar-refractivity contribution in [3.05, 3.63) is 17.0 Å². The highest BCUT2D eigenvalue weighted by Gasteiger charge is 2.25. The zero-order valence-corrected chi connectivity index (χ0v) is 9.28. The SMILES string of the molecule is O=S1(=O)CCc2[nH]nc(CBr)c2C1. The van der Waals surface area contributed by atoms with Crippen molar-refractivity contribution in [1.82, 2.24) is 10.2 Å². The molecule has 1 N–H and O–H groups in total. The first-order valence-electron chi connectivity index (χ1n) is 3.94.